The van der Waals surface area contributed by atoms with E-state index in [1.807, 2.05) is 0 Å². The van der Waals surface area contributed by atoms with Gasteiger partial charge in [-0.3, -0.25) is 0 Å². The standard InChI is InChI=1S/C11H12O5/c1-15-10(12)9-5-3-2-4-8(9)6-7-16-11(13)14/h2-5H,6-7H2,1H3,(H,13,14). The number of carbonyl (C=O) groups excluding carboxylic acids is 1. The molecule has 5 heteroatoms. The van der Waals surface area contributed by atoms with E-state index in [2.05, 4.69) is 9.47 Å². The Bertz CT molecular complexity index is 386. The second-order valence-corrected chi connectivity index (χ2v) is 3.01. The third-order valence-corrected chi connectivity index (χ3v) is 2.02. The number of benzene rings is 1. The first-order valence-electron chi connectivity index (χ1n) is 4.67. The van der Waals surface area contributed by atoms with E-state index in [0.29, 0.717) is 17.5 Å². The van der Waals surface area contributed by atoms with E-state index in [9.17, 15) is 9.59 Å². The number of methoxy groups -OCH3 is 1. The summed E-state index contributed by atoms with van der Waals surface area (Å²) in [5.41, 5.74) is 1.13. The van der Waals surface area contributed by atoms with Gasteiger partial charge in [0.2, 0.25) is 0 Å². The Kier molecular flexibility index (Phi) is 4.32. The highest BCUT2D eigenvalue weighted by molar-refractivity contribution is 5.90. The average molecular weight is 224 g/mol. The van der Waals surface area contributed by atoms with Gasteiger partial charge in [0.25, 0.3) is 0 Å². The van der Waals surface area contributed by atoms with Crippen molar-refractivity contribution in [2.75, 3.05) is 13.7 Å². The number of rotatable bonds is 4. The lowest BCUT2D eigenvalue weighted by atomic mass is 10.1. The second kappa shape index (κ2) is 5.75. The molecule has 0 aliphatic rings. The van der Waals surface area contributed by atoms with Crippen LogP contribution < -0.4 is 0 Å². The van der Waals surface area contributed by atoms with Gasteiger partial charge in [0.15, 0.2) is 0 Å². The fraction of sp³-hybridized carbons (Fsp3) is 0.273. The maximum absolute atomic E-state index is 11.4. The van der Waals surface area contributed by atoms with Crippen LogP contribution in [0.25, 0.3) is 0 Å². The minimum atomic E-state index is -1.32. The van der Waals surface area contributed by atoms with Crippen LogP contribution in [0.4, 0.5) is 4.79 Å². The monoisotopic (exact) mass is 224 g/mol. The van der Waals surface area contributed by atoms with Gasteiger partial charge in [-0.05, 0) is 11.6 Å². The molecule has 1 rings (SSSR count). The van der Waals surface area contributed by atoms with Crippen molar-refractivity contribution in [3.8, 4) is 0 Å². The van der Waals surface area contributed by atoms with Crippen LogP contribution in [-0.2, 0) is 15.9 Å². The summed E-state index contributed by atoms with van der Waals surface area (Å²) in [6, 6.07) is 6.84. The highest BCUT2D eigenvalue weighted by Gasteiger charge is 2.10. The highest BCUT2D eigenvalue weighted by atomic mass is 16.7. The summed E-state index contributed by atoms with van der Waals surface area (Å²) < 4.78 is 8.99. The summed E-state index contributed by atoms with van der Waals surface area (Å²) in [5.74, 6) is -0.439. The smallest absolute Gasteiger partial charge is 0.465 e. The van der Waals surface area contributed by atoms with E-state index in [-0.39, 0.29) is 6.61 Å². The number of esters is 1. The summed E-state index contributed by atoms with van der Waals surface area (Å²) in [5, 5.41) is 8.30. The van der Waals surface area contributed by atoms with E-state index in [1.54, 1.807) is 24.3 Å². The van der Waals surface area contributed by atoms with Gasteiger partial charge in [-0.25, -0.2) is 9.59 Å². The summed E-state index contributed by atoms with van der Waals surface area (Å²) in [7, 11) is 1.30. The average Bonchev–Trinajstić information content (AvgIpc) is 2.28. The lowest BCUT2D eigenvalue weighted by Gasteiger charge is -2.06. The lowest BCUT2D eigenvalue weighted by molar-refractivity contribution is 0.0599. The molecule has 0 radical (unpaired) electrons. The number of hydrogen-bond acceptors (Lipinski definition) is 4. The Balaban J connectivity index is 2.71. The van der Waals surface area contributed by atoms with Crippen LogP contribution in [0.1, 0.15) is 15.9 Å². The molecule has 0 aliphatic carbocycles. The fourth-order valence-corrected chi connectivity index (χ4v) is 1.30. The predicted octanol–water partition coefficient (Wildman–Crippen LogP) is 1.71. The van der Waals surface area contributed by atoms with E-state index >= 15 is 0 Å². The van der Waals surface area contributed by atoms with Gasteiger partial charge in [-0.1, -0.05) is 18.2 Å². The minimum absolute atomic E-state index is 0.0172. The number of hydrogen-bond donors (Lipinski definition) is 1. The first kappa shape index (κ1) is 12.0. The van der Waals surface area contributed by atoms with E-state index in [1.165, 1.54) is 7.11 Å². The molecule has 0 fully saturated rings. The topological polar surface area (TPSA) is 72.8 Å². The van der Waals surface area contributed by atoms with Gasteiger partial charge in [0, 0.05) is 6.42 Å². The van der Waals surface area contributed by atoms with Crippen molar-refractivity contribution in [2.24, 2.45) is 0 Å². The molecule has 0 unspecified atom stereocenters. The fourth-order valence-electron chi connectivity index (χ4n) is 1.30. The summed E-state index contributed by atoms with van der Waals surface area (Å²) in [6.45, 7) is 0.0172. The van der Waals surface area contributed by atoms with Gasteiger partial charge in [-0.2, -0.15) is 0 Å². The predicted molar refractivity (Wildman–Crippen MR) is 55.5 cm³/mol. The van der Waals surface area contributed by atoms with Crippen molar-refractivity contribution in [1.82, 2.24) is 0 Å². The van der Waals surface area contributed by atoms with Gasteiger partial charge in [0.05, 0.1) is 19.3 Å². The Labute approximate surface area is 92.6 Å². The largest absolute Gasteiger partial charge is 0.505 e. The first-order valence-corrected chi connectivity index (χ1v) is 4.67. The molecule has 0 bridgehead atoms. The Morgan fingerprint density at radius 1 is 1.31 bits per heavy atom. The Morgan fingerprint density at radius 3 is 2.62 bits per heavy atom. The van der Waals surface area contributed by atoms with Gasteiger partial charge >= 0.3 is 12.1 Å². The quantitative estimate of drug-likeness (QED) is 0.788. The zero-order valence-corrected chi connectivity index (χ0v) is 8.80. The maximum Gasteiger partial charge on any atom is 0.505 e. The van der Waals surface area contributed by atoms with Crippen LogP contribution in [-0.4, -0.2) is 30.9 Å². The van der Waals surface area contributed by atoms with Crippen molar-refractivity contribution in [1.29, 1.82) is 0 Å². The van der Waals surface area contributed by atoms with Crippen LogP contribution >= 0.6 is 0 Å². The molecule has 1 aromatic carbocycles. The zero-order chi connectivity index (χ0) is 12.0. The van der Waals surface area contributed by atoms with E-state index in [4.69, 9.17) is 5.11 Å². The molecule has 86 valence electrons. The van der Waals surface area contributed by atoms with Crippen molar-refractivity contribution >= 4 is 12.1 Å². The van der Waals surface area contributed by atoms with Crippen LogP contribution in [0.5, 0.6) is 0 Å². The molecule has 1 aromatic rings. The molecule has 0 aliphatic heterocycles. The zero-order valence-electron chi connectivity index (χ0n) is 8.80. The normalized spacial score (nSPS) is 9.56. The lowest BCUT2D eigenvalue weighted by Crippen LogP contribution is -2.09. The third kappa shape index (κ3) is 3.27. The molecule has 0 aromatic heterocycles. The van der Waals surface area contributed by atoms with Crippen LogP contribution in [0.2, 0.25) is 0 Å². The molecule has 0 atom stereocenters. The number of carboxylic acid groups (broad SMARTS) is 1. The van der Waals surface area contributed by atoms with Crippen molar-refractivity contribution in [3.05, 3.63) is 35.4 Å². The van der Waals surface area contributed by atoms with E-state index in [0.717, 1.165) is 0 Å². The molecule has 0 saturated heterocycles. The van der Waals surface area contributed by atoms with Crippen molar-refractivity contribution in [3.63, 3.8) is 0 Å². The van der Waals surface area contributed by atoms with Gasteiger partial charge in [-0.15, -0.1) is 0 Å². The Hall–Kier alpha value is -2.04. The molecule has 0 heterocycles. The molecule has 16 heavy (non-hydrogen) atoms. The first-order chi connectivity index (χ1) is 7.65. The third-order valence-electron chi connectivity index (χ3n) is 2.02. The molecule has 0 spiro atoms. The van der Waals surface area contributed by atoms with Crippen molar-refractivity contribution in [2.45, 2.75) is 6.42 Å². The summed E-state index contributed by atoms with van der Waals surface area (Å²) in [6.07, 6.45) is -0.979. The molecule has 5 nitrogen and oxygen atoms in total. The highest BCUT2D eigenvalue weighted by Crippen LogP contribution is 2.10. The van der Waals surface area contributed by atoms with Crippen molar-refractivity contribution < 1.29 is 24.2 Å². The molecular weight excluding hydrogens is 212 g/mol. The SMILES string of the molecule is COC(=O)c1ccccc1CCOC(=O)O. The van der Waals surface area contributed by atoms with E-state index < -0.39 is 12.1 Å². The van der Waals surface area contributed by atoms with Crippen LogP contribution in [0.3, 0.4) is 0 Å². The minimum Gasteiger partial charge on any atom is -0.465 e. The maximum atomic E-state index is 11.4. The molecule has 1 N–H and O–H groups in total. The summed E-state index contributed by atoms with van der Waals surface area (Å²) >= 11 is 0. The molecule has 0 saturated carbocycles. The van der Waals surface area contributed by atoms with Gasteiger partial charge in [0.1, 0.15) is 0 Å². The number of ether oxygens (including phenoxy) is 2. The number of carbonyl (C=O) groups is 2. The molecular formula is C11H12O5. The summed E-state index contributed by atoms with van der Waals surface area (Å²) in [4.78, 5) is 21.5. The van der Waals surface area contributed by atoms with Gasteiger partial charge < -0.3 is 14.6 Å². The second-order valence-electron chi connectivity index (χ2n) is 3.01. The van der Waals surface area contributed by atoms with Crippen LogP contribution in [0.15, 0.2) is 24.3 Å². The van der Waals surface area contributed by atoms with Crippen LogP contribution in [0, 0.1) is 0 Å². The Morgan fingerprint density at radius 2 is 2.00 bits per heavy atom. The molecule has 0 amide bonds.